The third-order valence-corrected chi connectivity index (χ3v) is 4.43. The number of nitrogens with zero attached hydrogens (tertiary/aromatic N) is 1. The average Bonchev–Trinajstić information content (AvgIpc) is 2.40. The third kappa shape index (κ3) is 3.35. The molecule has 104 valence electrons. The molecule has 0 aliphatic heterocycles. The molecule has 0 unspecified atom stereocenters. The highest BCUT2D eigenvalue weighted by atomic mass is 79.9. The Hall–Kier alpha value is -0.900. The van der Waals surface area contributed by atoms with E-state index in [4.69, 9.17) is 0 Å². The third-order valence-electron chi connectivity index (χ3n) is 3.78. The highest BCUT2D eigenvalue weighted by Gasteiger charge is 2.26. The Morgan fingerprint density at radius 2 is 2.05 bits per heavy atom. The molecule has 2 rings (SSSR count). The fourth-order valence-corrected chi connectivity index (χ4v) is 3.30. The Kier molecular flexibility index (Phi) is 4.97. The maximum atomic E-state index is 13.1. The molecule has 2 nitrogen and oxygen atoms in total. The Morgan fingerprint density at radius 3 is 2.63 bits per heavy atom. The fourth-order valence-electron chi connectivity index (χ4n) is 2.78. The van der Waals surface area contributed by atoms with Crippen LogP contribution in [-0.4, -0.2) is 23.4 Å². The van der Waals surface area contributed by atoms with Crippen LogP contribution >= 0.6 is 15.9 Å². The summed E-state index contributed by atoms with van der Waals surface area (Å²) in [7, 11) is 0. The Bertz CT molecular complexity index is 457. The Morgan fingerprint density at radius 1 is 1.37 bits per heavy atom. The zero-order valence-corrected chi connectivity index (χ0v) is 12.7. The number of hydrogen-bond acceptors (Lipinski definition) is 1. The summed E-state index contributed by atoms with van der Waals surface area (Å²) >= 11 is 3.28. The zero-order valence-electron chi connectivity index (χ0n) is 11.2. The first-order chi connectivity index (χ1) is 9.13. The van der Waals surface area contributed by atoms with E-state index in [1.54, 1.807) is 6.07 Å². The van der Waals surface area contributed by atoms with E-state index < -0.39 is 0 Å². The zero-order chi connectivity index (χ0) is 13.8. The Balaban J connectivity index is 2.19. The molecule has 19 heavy (non-hydrogen) atoms. The molecule has 1 fully saturated rings. The van der Waals surface area contributed by atoms with Gasteiger partial charge in [-0.25, -0.2) is 4.39 Å². The first-order valence-corrected chi connectivity index (χ1v) is 7.68. The molecule has 0 aromatic heterocycles. The molecule has 1 aromatic rings. The number of rotatable bonds is 3. The van der Waals surface area contributed by atoms with E-state index in [-0.39, 0.29) is 11.7 Å². The second kappa shape index (κ2) is 6.51. The summed E-state index contributed by atoms with van der Waals surface area (Å²) in [5.41, 5.74) is 0.550. The lowest BCUT2D eigenvalue weighted by atomic mass is 9.93. The van der Waals surface area contributed by atoms with Gasteiger partial charge in [-0.05, 0) is 53.9 Å². The summed E-state index contributed by atoms with van der Waals surface area (Å²) in [4.78, 5) is 14.5. The number of carbonyl (C=O) groups is 1. The summed E-state index contributed by atoms with van der Waals surface area (Å²) in [6.07, 6.45) is 5.82. The van der Waals surface area contributed by atoms with Crippen LogP contribution in [0.1, 0.15) is 49.4 Å². The maximum Gasteiger partial charge on any atom is 0.255 e. The van der Waals surface area contributed by atoms with Crippen LogP contribution in [0, 0.1) is 5.82 Å². The molecule has 1 saturated carbocycles. The van der Waals surface area contributed by atoms with Crippen molar-refractivity contribution in [3.8, 4) is 0 Å². The summed E-state index contributed by atoms with van der Waals surface area (Å²) in [5, 5.41) is 0. The summed E-state index contributed by atoms with van der Waals surface area (Å²) < 4.78 is 13.6. The van der Waals surface area contributed by atoms with Crippen LogP contribution in [0.15, 0.2) is 22.7 Å². The minimum atomic E-state index is -0.330. The summed E-state index contributed by atoms with van der Waals surface area (Å²) in [6.45, 7) is 2.71. The van der Waals surface area contributed by atoms with E-state index in [2.05, 4.69) is 15.9 Å². The first kappa shape index (κ1) is 14.5. The SMILES string of the molecule is CCN(C(=O)c1ccc(F)cc1Br)C1CCCCC1. The van der Waals surface area contributed by atoms with Crippen LogP contribution in [0.25, 0.3) is 0 Å². The van der Waals surface area contributed by atoms with Gasteiger partial charge in [0.05, 0.1) is 5.56 Å². The van der Waals surface area contributed by atoms with Crippen molar-refractivity contribution in [2.24, 2.45) is 0 Å². The number of benzene rings is 1. The highest BCUT2D eigenvalue weighted by molar-refractivity contribution is 9.10. The molecule has 4 heteroatoms. The van der Waals surface area contributed by atoms with E-state index in [1.165, 1.54) is 31.4 Å². The lowest BCUT2D eigenvalue weighted by Gasteiger charge is -2.33. The largest absolute Gasteiger partial charge is 0.336 e. The van der Waals surface area contributed by atoms with Crippen LogP contribution in [0.5, 0.6) is 0 Å². The smallest absolute Gasteiger partial charge is 0.255 e. The van der Waals surface area contributed by atoms with E-state index in [1.807, 2.05) is 11.8 Å². The standard InChI is InChI=1S/C15H19BrFNO/c1-2-18(12-6-4-3-5-7-12)15(19)13-9-8-11(17)10-14(13)16/h8-10,12H,2-7H2,1H3. The molecule has 1 aromatic carbocycles. The number of halogens is 2. The molecule has 1 amide bonds. The van der Waals surface area contributed by atoms with Gasteiger partial charge in [0.25, 0.3) is 5.91 Å². The summed E-state index contributed by atoms with van der Waals surface area (Å²) in [6, 6.07) is 4.59. The van der Waals surface area contributed by atoms with Crippen molar-refractivity contribution in [2.45, 2.75) is 45.1 Å². The maximum absolute atomic E-state index is 13.1. The van der Waals surface area contributed by atoms with E-state index in [0.717, 1.165) is 12.8 Å². The molecule has 0 heterocycles. The van der Waals surface area contributed by atoms with Crippen LogP contribution in [0.3, 0.4) is 0 Å². The molecular formula is C15H19BrFNO. The van der Waals surface area contributed by atoms with Gasteiger partial charge >= 0.3 is 0 Å². The first-order valence-electron chi connectivity index (χ1n) is 6.89. The van der Waals surface area contributed by atoms with Gasteiger partial charge in [0.1, 0.15) is 5.82 Å². The van der Waals surface area contributed by atoms with E-state index >= 15 is 0 Å². The quantitative estimate of drug-likeness (QED) is 0.806. The molecule has 0 atom stereocenters. The fraction of sp³-hybridized carbons (Fsp3) is 0.533. The molecule has 0 saturated heterocycles. The van der Waals surface area contributed by atoms with Crippen molar-refractivity contribution in [1.29, 1.82) is 0 Å². The lowest BCUT2D eigenvalue weighted by molar-refractivity contribution is 0.0647. The number of carbonyl (C=O) groups excluding carboxylic acids is 1. The van der Waals surface area contributed by atoms with Crippen molar-refractivity contribution in [1.82, 2.24) is 4.90 Å². The summed E-state index contributed by atoms with van der Waals surface area (Å²) in [5.74, 6) is -0.328. The topological polar surface area (TPSA) is 20.3 Å². The van der Waals surface area contributed by atoms with Gasteiger partial charge in [0, 0.05) is 17.1 Å². The van der Waals surface area contributed by atoms with Crippen molar-refractivity contribution in [2.75, 3.05) is 6.54 Å². The highest BCUT2D eigenvalue weighted by Crippen LogP contribution is 2.26. The minimum absolute atomic E-state index is 0.00118. The van der Waals surface area contributed by atoms with Crippen LogP contribution in [0.4, 0.5) is 4.39 Å². The van der Waals surface area contributed by atoms with Crippen molar-refractivity contribution in [3.05, 3.63) is 34.1 Å². The number of hydrogen-bond donors (Lipinski definition) is 0. The average molecular weight is 328 g/mol. The van der Waals surface area contributed by atoms with Gasteiger partial charge in [-0.2, -0.15) is 0 Å². The van der Waals surface area contributed by atoms with E-state index in [9.17, 15) is 9.18 Å². The second-order valence-electron chi connectivity index (χ2n) is 5.01. The number of amides is 1. The van der Waals surface area contributed by atoms with Crippen molar-refractivity contribution < 1.29 is 9.18 Å². The van der Waals surface area contributed by atoms with Gasteiger partial charge in [0.15, 0.2) is 0 Å². The molecule has 0 radical (unpaired) electrons. The predicted octanol–water partition coefficient (Wildman–Crippen LogP) is 4.38. The van der Waals surface area contributed by atoms with Crippen LogP contribution < -0.4 is 0 Å². The van der Waals surface area contributed by atoms with Crippen LogP contribution in [0.2, 0.25) is 0 Å². The minimum Gasteiger partial charge on any atom is -0.336 e. The normalized spacial score (nSPS) is 16.4. The van der Waals surface area contributed by atoms with Crippen molar-refractivity contribution in [3.63, 3.8) is 0 Å². The molecule has 0 N–H and O–H groups in total. The van der Waals surface area contributed by atoms with Crippen molar-refractivity contribution >= 4 is 21.8 Å². The predicted molar refractivity (Wildman–Crippen MR) is 77.7 cm³/mol. The van der Waals surface area contributed by atoms with Crippen LogP contribution in [-0.2, 0) is 0 Å². The molecular weight excluding hydrogens is 309 g/mol. The molecule has 0 spiro atoms. The molecule has 1 aliphatic rings. The van der Waals surface area contributed by atoms with Gasteiger partial charge in [0.2, 0.25) is 0 Å². The molecule has 1 aliphatic carbocycles. The second-order valence-corrected chi connectivity index (χ2v) is 5.86. The lowest BCUT2D eigenvalue weighted by Crippen LogP contribution is -2.41. The van der Waals surface area contributed by atoms with E-state index in [0.29, 0.717) is 22.6 Å². The van der Waals surface area contributed by atoms with Gasteiger partial charge in [-0.3, -0.25) is 4.79 Å². The van der Waals surface area contributed by atoms with Gasteiger partial charge < -0.3 is 4.90 Å². The Labute approximate surface area is 122 Å². The molecule has 0 bridgehead atoms. The monoisotopic (exact) mass is 327 g/mol. The van der Waals surface area contributed by atoms with Gasteiger partial charge in [-0.15, -0.1) is 0 Å². The van der Waals surface area contributed by atoms with Gasteiger partial charge in [-0.1, -0.05) is 19.3 Å².